The highest BCUT2D eigenvalue weighted by Crippen LogP contribution is 2.29. The molecule has 1 aromatic rings. The standard InChI is InChI=1S/C9H7IO/c10-9-6-11-5-7-3-1-2-4-8(7)9/h1-4,6H,5H2. The Morgan fingerprint density at radius 3 is 2.91 bits per heavy atom. The third kappa shape index (κ3) is 1.27. The molecule has 0 spiro atoms. The monoisotopic (exact) mass is 258 g/mol. The first-order chi connectivity index (χ1) is 5.38. The number of halogens is 1. The van der Waals surface area contributed by atoms with Crippen LogP contribution < -0.4 is 0 Å². The third-order valence-corrected chi connectivity index (χ3v) is 2.54. The van der Waals surface area contributed by atoms with Gasteiger partial charge in [-0.3, -0.25) is 0 Å². The Labute approximate surface area is 79.2 Å². The Hall–Kier alpha value is -0.510. The van der Waals surface area contributed by atoms with Gasteiger partial charge >= 0.3 is 0 Å². The molecule has 0 unspecified atom stereocenters. The lowest BCUT2D eigenvalue weighted by molar-refractivity contribution is 0.234. The van der Waals surface area contributed by atoms with Crippen molar-refractivity contribution in [3.8, 4) is 0 Å². The molecule has 0 atom stereocenters. The smallest absolute Gasteiger partial charge is 0.113 e. The Bertz CT molecular complexity index is 304. The Balaban J connectivity index is 2.56. The van der Waals surface area contributed by atoms with E-state index >= 15 is 0 Å². The number of hydrogen-bond acceptors (Lipinski definition) is 1. The lowest BCUT2D eigenvalue weighted by Crippen LogP contribution is -1.97. The van der Waals surface area contributed by atoms with E-state index in [-0.39, 0.29) is 0 Å². The van der Waals surface area contributed by atoms with Crippen LogP contribution in [0.15, 0.2) is 30.5 Å². The van der Waals surface area contributed by atoms with Crippen molar-refractivity contribution in [2.45, 2.75) is 6.61 Å². The van der Waals surface area contributed by atoms with Crippen LogP contribution in [-0.4, -0.2) is 0 Å². The third-order valence-electron chi connectivity index (χ3n) is 1.70. The van der Waals surface area contributed by atoms with Gasteiger partial charge in [0.05, 0.1) is 9.84 Å². The maximum absolute atomic E-state index is 5.24. The van der Waals surface area contributed by atoms with Crippen LogP contribution in [0, 0.1) is 0 Å². The van der Waals surface area contributed by atoms with Crippen molar-refractivity contribution in [3.63, 3.8) is 0 Å². The molecule has 0 N–H and O–H groups in total. The highest BCUT2D eigenvalue weighted by Gasteiger charge is 2.08. The molecule has 1 aliphatic heterocycles. The number of benzene rings is 1. The largest absolute Gasteiger partial charge is 0.495 e. The predicted octanol–water partition coefficient (Wildman–Crippen LogP) is 2.95. The quantitative estimate of drug-likeness (QED) is 0.650. The van der Waals surface area contributed by atoms with E-state index in [1.165, 1.54) is 14.7 Å². The molecule has 0 fully saturated rings. The molecule has 0 aromatic heterocycles. The molecule has 1 nitrogen and oxygen atoms in total. The molecule has 2 heteroatoms. The van der Waals surface area contributed by atoms with E-state index in [0.29, 0.717) is 6.61 Å². The molecule has 0 aliphatic carbocycles. The summed E-state index contributed by atoms with van der Waals surface area (Å²) in [6, 6.07) is 8.31. The summed E-state index contributed by atoms with van der Waals surface area (Å²) in [5, 5.41) is 0. The average Bonchev–Trinajstić information content (AvgIpc) is 2.06. The summed E-state index contributed by atoms with van der Waals surface area (Å²) in [6.07, 6.45) is 1.81. The molecule has 0 bridgehead atoms. The van der Waals surface area contributed by atoms with Crippen molar-refractivity contribution in [3.05, 3.63) is 41.7 Å². The first kappa shape index (κ1) is 7.16. The van der Waals surface area contributed by atoms with Gasteiger partial charge in [-0.2, -0.15) is 0 Å². The summed E-state index contributed by atoms with van der Waals surface area (Å²) in [4.78, 5) is 0. The molecule has 0 amide bonds. The van der Waals surface area contributed by atoms with E-state index in [2.05, 4.69) is 40.8 Å². The number of fused-ring (bicyclic) bond motifs is 1. The Kier molecular flexibility index (Phi) is 1.85. The normalized spacial score (nSPS) is 14.8. The van der Waals surface area contributed by atoms with Gasteiger partial charge in [-0.15, -0.1) is 0 Å². The number of ether oxygens (including phenoxy) is 1. The fourth-order valence-corrected chi connectivity index (χ4v) is 1.85. The van der Waals surface area contributed by atoms with Crippen molar-refractivity contribution in [1.29, 1.82) is 0 Å². The molecular weight excluding hydrogens is 251 g/mol. The molecule has 1 heterocycles. The minimum absolute atomic E-state index is 0.711. The highest BCUT2D eigenvalue weighted by molar-refractivity contribution is 14.1. The minimum Gasteiger partial charge on any atom is -0.495 e. The Morgan fingerprint density at radius 2 is 2.09 bits per heavy atom. The zero-order valence-corrected chi connectivity index (χ0v) is 8.04. The first-order valence-corrected chi connectivity index (χ1v) is 4.51. The van der Waals surface area contributed by atoms with E-state index in [4.69, 9.17) is 4.74 Å². The van der Waals surface area contributed by atoms with E-state index in [1.54, 1.807) is 0 Å². The molecule has 0 radical (unpaired) electrons. The van der Waals surface area contributed by atoms with Crippen molar-refractivity contribution < 1.29 is 4.74 Å². The van der Waals surface area contributed by atoms with Gasteiger partial charge in [-0.1, -0.05) is 24.3 Å². The summed E-state index contributed by atoms with van der Waals surface area (Å²) in [6.45, 7) is 0.711. The highest BCUT2D eigenvalue weighted by atomic mass is 127. The second-order valence-electron chi connectivity index (χ2n) is 2.43. The fourth-order valence-electron chi connectivity index (χ4n) is 1.15. The molecule has 56 valence electrons. The first-order valence-electron chi connectivity index (χ1n) is 3.43. The Morgan fingerprint density at radius 1 is 1.27 bits per heavy atom. The molecule has 0 saturated heterocycles. The van der Waals surface area contributed by atoms with Crippen molar-refractivity contribution in [1.82, 2.24) is 0 Å². The predicted molar refractivity (Wildman–Crippen MR) is 53.2 cm³/mol. The van der Waals surface area contributed by atoms with Gasteiger partial charge in [0.2, 0.25) is 0 Å². The molecule has 1 aliphatic rings. The van der Waals surface area contributed by atoms with Gasteiger partial charge in [0.15, 0.2) is 0 Å². The second kappa shape index (κ2) is 2.85. The van der Waals surface area contributed by atoms with Crippen molar-refractivity contribution >= 4 is 26.2 Å². The van der Waals surface area contributed by atoms with Crippen LogP contribution in [0.25, 0.3) is 3.58 Å². The molecule has 2 rings (SSSR count). The average molecular weight is 258 g/mol. The van der Waals surface area contributed by atoms with Crippen LogP contribution in [-0.2, 0) is 11.3 Å². The summed E-state index contributed by atoms with van der Waals surface area (Å²) in [5.41, 5.74) is 2.58. The van der Waals surface area contributed by atoms with Crippen LogP contribution >= 0.6 is 22.6 Å². The van der Waals surface area contributed by atoms with E-state index in [9.17, 15) is 0 Å². The maximum Gasteiger partial charge on any atom is 0.113 e. The van der Waals surface area contributed by atoms with E-state index in [0.717, 1.165) is 0 Å². The number of hydrogen-bond donors (Lipinski definition) is 0. The van der Waals surface area contributed by atoms with Crippen LogP contribution in [0.3, 0.4) is 0 Å². The summed E-state index contributed by atoms with van der Waals surface area (Å²) < 4.78 is 6.42. The summed E-state index contributed by atoms with van der Waals surface area (Å²) in [5.74, 6) is 0. The SMILES string of the molecule is IC1=COCc2ccccc21. The minimum atomic E-state index is 0.711. The van der Waals surface area contributed by atoms with Gasteiger partial charge in [0, 0.05) is 0 Å². The van der Waals surface area contributed by atoms with Crippen LogP contribution in [0.4, 0.5) is 0 Å². The van der Waals surface area contributed by atoms with Crippen molar-refractivity contribution in [2.24, 2.45) is 0 Å². The van der Waals surface area contributed by atoms with Gasteiger partial charge < -0.3 is 4.74 Å². The van der Waals surface area contributed by atoms with Gasteiger partial charge in [0.25, 0.3) is 0 Å². The van der Waals surface area contributed by atoms with E-state index in [1.807, 2.05) is 12.3 Å². The lowest BCUT2D eigenvalue weighted by atomic mass is 10.1. The number of rotatable bonds is 0. The lowest BCUT2D eigenvalue weighted by Gasteiger charge is -2.13. The van der Waals surface area contributed by atoms with E-state index < -0.39 is 0 Å². The van der Waals surface area contributed by atoms with Crippen LogP contribution in [0.1, 0.15) is 11.1 Å². The van der Waals surface area contributed by atoms with Gasteiger partial charge in [-0.05, 0) is 33.7 Å². The molecule has 11 heavy (non-hydrogen) atoms. The summed E-state index contributed by atoms with van der Waals surface area (Å²) in [7, 11) is 0. The van der Waals surface area contributed by atoms with Crippen molar-refractivity contribution in [2.75, 3.05) is 0 Å². The molecule has 1 aromatic carbocycles. The van der Waals surface area contributed by atoms with Crippen LogP contribution in [0.2, 0.25) is 0 Å². The zero-order chi connectivity index (χ0) is 7.68. The van der Waals surface area contributed by atoms with Crippen LogP contribution in [0.5, 0.6) is 0 Å². The summed E-state index contributed by atoms with van der Waals surface area (Å²) >= 11 is 2.28. The molecular formula is C9H7IO. The van der Waals surface area contributed by atoms with Gasteiger partial charge in [-0.25, -0.2) is 0 Å². The zero-order valence-electron chi connectivity index (χ0n) is 5.88. The topological polar surface area (TPSA) is 9.23 Å². The molecule has 0 saturated carbocycles. The maximum atomic E-state index is 5.24. The fraction of sp³-hybridized carbons (Fsp3) is 0.111. The van der Waals surface area contributed by atoms with Gasteiger partial charge in [0.1, 0.15) is 6.61 Å². The second-order valence-corrected chi connectivity index (χ2v) is 3.60.